The molecule has 1 rings (SSSR count). The summed E-state index contributed by atoms with van der Waals surface area (Å²) >= 11 is 0. The van der Waals surface area contributed by atoms with E-state index in [1.807, 2.05) is 10.6 Å². The highest BCUT2D eigenvalue weighted by molar-refractivity contribution is 5.85. The summed E-state index contributed by atoms with van der Waals surface area (Å²) in [5.74, 6) is 0.0158. The predicted octanol–water partition coefficient (Wildman–Crippen LogP) is 2.03. The SMILES string of the molecule is C=CCCCn1ccnc1C(=O)OCC. The molecule has 82 valence electrons. The summed E-state index contributed by atoms with van der Waals surface area (Å²) in [5.41, 5.74) is 0. The van der Waals surface area contributed by atoms with Crippen LogP contribution in [0.15, 0.2) is 25.0 Å². The van der Waals surface area contributed by atoms with Crippen LogP contribution in [0.2, 0.25) is 0 Å². The Kier molecular flexibility index (Phi) is 4.60. The molecule has 1 aromatic rings. The Labute approximate surface area is 89.6 Å². The molecule has 0 aliphatic rings. The van der Waals surface area contributed by atoms with Gasteiger partial charge in [0.25, 0.3) is 0 Å². The second-order valence-electron chi connectivity index (χ2n) is 3.10. The molecule has 0 saturated heterocycles. The lowest BCUT2D eigenvalue weighted by atomic mass is 10.3. The van der Waals surface area contributed by atoms with Gasteiger partial charge in [-0.15, -0.1) is 6.58 Å². The molecule has 0 fully saturated rings. The molecule has 0 amide bonds. The molecule has 0 atom stereocenters. The van der Waals surface area contributed by atoms with Gasteiger partial charge < -0.3 is 9.30 Å². The molecule has 0 saturated carbocycles. The molecule has 0 unspecified atom stereocenters. The van der Waals surface area contributed by atoms with Crippen LogP contribution in [0.25, 0.3) is 0 Å². The van der Waals surface area contributed by atoms with E-state index >= 15 is 0 Å². The van der Waals surface area contributed by atoms with E-state index in [-0.39, 0.29) is 5.97 Å². The number of ether oxygens (including phenoxy) is 1. The van der Waals surface area contributed by atoms with Crippen LogP contribution in [0.1, 0.15) is 30.4 Å². The van der Waals surface area contributed by atoms with Crippen LogP contribution in [0, 0.1) is 0 Å². The standard InChI is InChI=1S/C11H16N2O2/c1-3-5-6-8-13-9-7-12-10(13)11(14)15-4-2/h3,7,9H,1,4-6,8H2,2H3. The number of hydrogen-bond donors (Lipinski definition) is 0. The van der Waals surface area contributed by atoms with Crippen molar-refractivity contribution >= 4 is 5.97 Å². The van der Waals surface area contributed by atoms with Crippen molar-refractivity contribution in [2.45, 2.75) is 26.3 Å². The fourth-order valence-corrected chi connectivity index (χ4v) is 1.28. The van der Waals surface area contributed by atoms with Gasteiger partial charge in [0.05, 0.1) is 6.61 Å². The maximum Gasteiger partial charge on any atom is 0.374 e. The number of hydrogen-bond acceptors (Lipinski definition) is 3. The average Bonchev–Trinajstić information content (AvgIpc) is 2.67. The molecule has 15 heavy (non-hydrogen) atoms. The highest BCUT2D eigenvalue weighted by atomic mass is 16.5. The highest BCUT2D eigenvalue weighted by Gasteiger charge is 2.12. The van der Waals surface area contributed by atoms with Crippen molar-refractivity contribution < 1.29 is 9.53 Å². The van der Waals surface area contributed by atoms with E-state index in [1.165, 1.54) is 0 Å². The average molecular weight is 208 g/mol. The van der Waals surface area contributed by atoms with Gasteiger partial charge >= 0.3 is 5.97 Å². The molecule has 4 heteroatoms. The first-order chi connectivity index (χ1) is 7.29. The fourth-order valence-electron chi connectivity index (χ4n) is 1.28. The number of rotatable bonds is 6. The Hall–Kier alpha value is -1.58. The van der Waals surface area contributed by atoms with Crippen LogP contribution >= 0.6 is 0 Å². The molecular weight excluding hydrogens is 192 g/mol. The summed E-state index contributed by atoms with van der Waals surface area (Å²) in [5, 5.41) is 0. The van der Waals surface area contributed by atoms with E-state index in [0.717, 1.165) is 19.4 Å². The molecule has 0 aromatic carbocycles. The zero-order chi connectivity index (χ0) is 11.1. The normalized spacial score (nSPS) is 9.93. The first-order valence-corrected chi connectivity index (χ1v) is 5.08. The first kappa shape index (κ1) is 11.5. The third-order valence-corrected chi connectivity index (χ3v) is 1.98. The number of unbranched alkanes of at least 4 members (excludes halogenated alkanes) is 1. The minimum absolute atomic E-state index is 0.360. The van der Waals surface area contributed by atoms with Crippen LogP contribution in [-0.4, -0.2) is 22.1 Å². The van der Waals surface area contributed by atoms with Gasteiger partial charge in [-0.2, -0.15) is 0 Å². The third kappa shape index (κ3) is 3.23. The molecule has 4 nitrogen and oxygen atoms in total. The highest BCUT2D eigenvalue weighted by Crippen LogP contribution is 2.03. The number of esters is 1. The third-order valence-electron chi connectivity index (χ3n) is 1.98. The Bertz CT molecular complexity index is 331. The van der Waals surface area contributed by atoms with E-state index in [9.17, 15) is 4.79 Å². The molecule has 0 radical (unpaired) electrons. The molecule has 1 aromatic heterocycles. The summed E-state index contributed by atoms with van der Waals surface area (Å²) in [6, 6.07) is 0. The Balaban J connectivity index is 2.60. The lowest BCUT2D eigenvalue weighted by Crippen LogP contribution is -2.13. The molecule has 0 N–H and O–H groups in total. The predicted molar refractivity (Wildman–Crippen MR) is 57.6 cm³/mol. The summed E-state index contributed by atoms with van der Waals surface area (Å²) in [4.78, 5) is 15.4. The van der Waals surface area contributed by atoms with Crippen molar-refractivity contribution in [1.29, 1.82) is 0 Å². The Morgan fingerprint density at radius 3 is 3.20 bits per heavy atom. The van der Waals surface area contributed by atoms with Gasteiger partial charge in [-0.25, -0.2) is 9.78 Å². The number of carbonyl (C=O) groups is 1. The first-order valence-electron chi connectivity index (χ1n) is 5.08. The fraction of sp³-hybridized carbons (Fsp3) is 0.455. The summed E-state index contributed by atoms with van der Waals surface area (Å²) in [6.45, 7) is 6.57. The van der Waals surface area contributed by atoms with Gasteiger partial charge in [0.1, 0.15) is 0 Å². The van der Waals surface area contributed by atoms with E-state index in [1.54, 1.807) is 19.3 Å². The number of aromatic nitrogens is 2. The van der Waals surface area contributed by atoms with Gasteiger partial charge in [0.2, 0.25) is 5.82 Å². The van der Waals surface area contributed by atoms with Crippen molar-refractivity contribution in [3.8, 4) is 0 Å². The second-order valence-corrected chi connectivity index (χ2v) is 3.10. The Morgan fingerprint density at radius 2 is 2.53 bits per heavy atom. The minimum atomic E-state index is -0.360. The molecular formula is C11H16N2O2. The maximum atomic E-state index is 11.4. The van der Waals surface area contributed by atoms with Crippen molar-refractivity contribution in [2.75, 3.05) is 6.61 Å². The van der Waals surface area contributed by atoms with E-state index in [2.05, 4.69) is 11.6 Å². The van der Waals surface area contributed by atoms with Crippen molar-refractivity contribution in [3.63, 3.8) is 0 Å². The lowest BCUT2D eigenvalue weighted by molar-refractivity contribution is 0.0506. The van der Waals surface area contributed by atoms with Gasteiger partial charge in [-0.05, 0) is 19.8 Å². The van der Waals surface area contributed by atoms with Crippen molar-refractivity contribution in [2.24, 2.45) is 0 Å². The summed E-state index contributed by atoms with van der Waals surface area (Å²) in [6.07, 6.45) is 7.14. The molecule has 0 aliphatic heterocycles. The lowest BCUT2D eigenvalue weighted by Gasteiger charge is -2.05. The van der Waals surface area contributed by atoms with Crippen molar-refractivity contribution in [1.82, 2.24) is 9.55 Å². The summed E-state index contributed by atoms with van der Waals surface area (Å²) < 4.78 is 6.70. The second kappa shape index (κ2) is 6.01. The van der Waals surface area contributed by atoms with Crippen LogP contribution in [0.3, 0.4) is 0 Å². The van der Waals surface area contributed by atoms with E-state index in [0.29, 0.717) is 12.4 Å². The van der Waals surface area contributed by atoms with Crippen LogP contribution in [0.5, 0.6) is 0 Å². The quantitative estimate of drug-likeness (QED) is 0.408. The number of imidazole rings is 1. The van der Waals surface area contributed by atoms with Gasteiger partial charge in [-0.3, -0.25) is 0 Å². The van der Waals surface area contributed by atoms with E-state index < -0.39 is 0 Å². The molecule has 0 aliphatic carbocycles. The molecule has 0 bridgehead atoms. The molecule has 0 spiro atoms. The number of carbonyl (C=O) groups excluding carboxylic acids is 1. The number of nitrogens with zero attached hydrogens (tertiary/aromatic N) is 2. The van der Waals surface area contributed by atoms with Gasteiger partial charge in [-0.1, -0.05) is 6.08 Å². The van der Waals surface area contributed by atoms with Crippen LogP contribution < -0.4 is 0 Å². The summed E-state index contributed by atoms with van der Waals surface area (Å²) in [7, 11) is 0. The number of allylic oxidation sites excluding steroid dienone is 1. The smallest absolute Gasteiger partial charge is 0.374 e. The van der Waals surface area contributed by atoms with Crippen molar-refractivity contribution in [3.05, 3.63) is 30.9 Å². The maximum absolute atomic E-state index is 11.4. The minimum Gasteiger partial charge on any atom is -0.460 e. The zero-order valence-corrected chi connectivity index (χ0v) is 8.98. The van der Waals surface area contributed by atoms with Crippen LogP contribution in [0.4, 0.5) is 0 Å². The van der Waals surface area contributed by atoms with Crippen LogP contribution in [-0.2, 0) is 11.3 Å². The number of aryl methyl sites for hydroxylation is 1. The van der Waals surface area contributed by atoms with Gasteiger partial charge in [0, 0.05) is 18.9 Å². The Morgan fingerprint density at radius 1 is 1.73 bits per heavy atom. The monoisotopic (exact) mass is 208 g/mol. The largest absolute Gasteiger partial charge is 0.460 e. The topological polar surface area (TPSA) is 44.1 Å². The van der Waals surface area contributed by atoms with E-state index in [4.69, 9.17) is 4.74 Å². The molecule has 1 heterocycles. The van der Waals surface area contributed by atoms with Gasteiger partial charge in [0.15, 0.2) is 0 Å². The zero-order valence-electron chi connectivity index (χ0n) is 8.98.